The van der Waals surface area contributed by atoms with E-state index in [1.165, 1.54) is 38.5 Å². The standard InChI is InChI=1S/C19H28N6OS/c26-17(20-9-15-23-10-5-6-11-23)16-8-7-14-25(16)19-22-21-18(27-19)24-12-3-1-2-4-13-24/h7-8,14H,1-6,9-13,15H2,(H,20,26). The highest BCUT2D eigenvalue weighted by molar-refractivity contribution is 7.17. The number of nitrogens with zero attached hydrogens (tertiary/aromatic N) is 5. The van der Waals surface area contributed by atoms with Crippen molar-refractivity contribution in [1.82, 2.24) is 25.0 Å². The second-order valence-corrected chi connectivity index (χ2v) is 8.27. The largest absolute Gasteiger partial charge is 0.349 e. The molecule has 0 spiro atoms. The lowest BCUT2D eigenvalue weighted by Crippen LogP contribution is -2.34. The van der Waals surface area contributed by atoms with Crippen molar-refractivity contribution in [3.8, 4) is 5.13 Å². The Bertz CT molecular complexity index is 743. The van der Waals surface area contributed by atoms with Gasteiger partial charge in [-0.05, 0) is 50.9 Å². The van der Waals surface area contributed by atoms with Crippen molar-refractivity contribution < 1.29 is 4.79 Å². The summed E-state index contributed by atoms with van der Waals surface area (Å²) in [4.78, 5) is 17.4. The predicted molar refractivity (Wildman–Crippen MR) is 108 cm³/mol. The third-order valence-corrected chi connectivity index (χ3v) is 6.36. The zero-order chi connectivity index (χ0) is 18.5. The first-order valence-electron chi connectivity index (χ1n) is 10.1. The molecule has 2 saturated heterocycles. The average molecular weight is 389 g/mol. The molecule has 2 fully saturated rings. The fourth-order valence-electron chi connectivity index (χ4n) is 3.85. The first-order chi connectivity index (χ1) is 13.3. The van der Waals surface area contributed by atoms with E-state index in [2.05, 4.69) is 25.3 Å². The van der Waals surface area contributed by atoms with Crippen LogP contribution in [0.1, 0.15) is 49.0 Å². The van der Waals surface area contributed by atoms with Crippen LogP contribution in [0.5, 0.6) is 0 Å². The maximum absolute atomic E-state index is 12.6. The Kier molecular flexibility index (Phi) is 6.03. The van der Waals surface area contributed by atoms with Gasteiger partial charge < -0.3 is 15.1 Å². The number of carbonyl (C=O) groups excluding carboxylic acids is 1. The fraction of sp³-hybridized carbons (Fsp3) is 0.632. The third-order valence-electron chi connectivity index (χ3n) is 5.38. The van der Waals surface area contributed by atoms with Crippen LogP contribution in [-0.2, 0) is 0 Å². The number of nitrogens with one attached hydrogen (secondary N) is 1. The molecule has 0 atom stereocenters. The first kappa shape index (κ1) is 18.4. The molecule has 0 saturated carbocycles. The quantitative estimate of drug-likeness (QED) is 0.824. The predicted octanol–water partition coefficient (Wildman–Crippen LogP) is 2.53. The summed E-state index contributed by atoms with van der Waals surface area (Å²) in [7, 11) is 0. The molecule has 8 heteroatoms. The Balaban J connectivity index is 1.39. The second-order valence-electron chi connectivity index (χ2n) is 7.34. The minimum absolute atomic E-state index is 0.0503. The van der Waals surface area contributed by atoms with E-state index < -0.39 is 0 Å². The van der Waals surface area contributed by atoms with Crippen LogP contribution in [0.2, 0.25) is 0 Å². The van der Waals surface area contributed by atoms with Gasteiger partial charge in [-0.1, -0.05) is 24.2 Å². The Hall–Kier alpha value is -1.93. The number of amides is 1. The van der Waals surface area contributed by atoms with E-state index in [4.69, 9.17) is 0 Å². The smallest absolute Gasteiger partial charge is 0.268 e. The highest BCUT2D eigenvalue weighted by Gasteiger charge is 2.19. The van der Waals surface area contributed by atoms with E-state index in [0.29, 0.717) is 12.2 Å². The Labute approximate surface area is 164 Å². The normalized spacial score (nSPS) is 18.6. The van der Waals surface area contributed by atoms with E-state index in [9.17, 15) is 4.79 Å². The molecule has 0 bridgehead atoms. The molecule has 1 amide bonds. The summed E-state index contributed by atoms with van der Waals surface area (Å²) < 4.78 is 1.85. The topological polar surface area (TPSA) is 66.3 Å². The second kappa shape index (κ2) is 8.84. The molecule has 0 aromatic carbocycles. The van der Waals surface area contributed by atoms with Crippen molar-refractivity contribution in [3.05, 3.63) is 24.0 Å². The van der Waals surface area contributed by atoms with E-state index >= 15 is 0 Å². The maximum Gasteiger partial charge on any atom is 0.268 e. The molecular weight excluding hydrogens is 360 g/mol. The SMILES string of the molecule is O=C(NCCN1CCCC1)c1cccn1-c1nnc(N2CCCCCC2)s1. The van der Waals surface area contributed by atoms with Crippen LogP contribution in [0.15, 0.2) is 18.3 Å². The van der Waals surface area contributed by atoms with Crippen LogP contribution in [0, 0.1) is 0 Å². The molecule has 2 aliphatic heterocycles. The van der Waals surface area contributed by atoms with Crippen molar-refractivity contribution >= 4 is 22.4 Å². The molecule has 146 valence electrons. The molecule has 4 rings (SSSR count). The summed E-state index contributed by atoms with van der Waals surface area (Å²) in [6, 6.07) is 3.74. The third kappa shape index (κ3) is 4.50. The highest BCUT2D eigenvalue weighted by atomic mass is 32.1. The Morgan fingerprint density at radius 2 is 1.70 bits per heavy atom. The molecule has 2 aromatic rings. The van der Waals surface area contributed by atoms with Crippen LogP contribution in [-0.4, -0.2) is 64.8 Å². The minimum Gasteiger partial charge on any atom is -0.349 e. The first-order valence-corrected chi connectivity index (χ1v) is 10.9. The van der Waals surface area contributed by atoms with E-state index in [0.717, 1.165) is 43.0 Å². The Morgan fingerprint density at radius 3 is 2.48 bits per heavy atom. The molecule has 0 aliphatic carbocycles. The van der Waals surface area contributed by atoms with Crippen molar-refractivity contribution in [2.45, 2.75) is 38.5 Å². The fourth-order valence-corrected chi connectivity index (χ4v) is 4.75. The van der Waals surface area contributed by atoms with Crippen molar-refractivity contribution in [2.24, 2.45) is 0 Å². The monoisotopic (exact) mass is 388 g/mol. The molecule has 2 aliphatic rings. The van der Waals surface area contributed by atoms with Gasteiger partial charge in [-0.15, -0.1) is 10.2 Å². The summed E-state index contributed by atoms with van der Waals surface area (Å²) in [5, 5.41) is 13.5. The molecule has 27 heavy (non-hydrogen) atoms. The van der Waals surface area contributed by atoms with Gasteiger partial charge in [0.2, 0.25) is 10.3 Å². The number of carbonyl (C=O) groups is 1. The maximum atomic E-state index is 12.6. The highest BCUT2D eigenvalue weighted by Crippen LogP contribution is 2.26. The summed E-state index contributed by atoms with van der Waals surface area (Å²) >= 11 is 1.56. The van der Waals surface area contributed by atoms with Crippen molar-refractivity contribution in [1.29, 1.82) is 0 Å². The number of anilines is 1. The van der Waals surface area contributed by atoms with Gasteiger partial charge in [0.15, 0.2) is 0 Å². The lowest BCUT2D eigenvalue weighted by molar-refractivity contribution is 0.0943. The van der Waals surface area contributed by atoms with E-state index in [1.54, 1.807) is 11.3 Å². The van der Waals surface area contributed by atoms with Gasteiger partial charge in [0.05, 0.1) is 0 Å². The number of hydrogen-bond acceptors (Lipinski definition) is 6. The summed E-state index contributed by atoms with van der Waals surface area (Å²) in [6.07, 6.45) is 9.44. The molecule has 0 radical (unpaired) electrons. The Morgan fingerprint density at radius 1 is 1.00 bits per heavy atom. The van der Waals surface area contributed by atoms with Gasteiger partial charge in [0.1, 0.15) is 5.69 Å². The van der Waals surface area contributed by atoms with E-state index in [1.807, 2.05) is 22.9 Å². The molecule has 7 nitrogen and oxygen atoms in total. The number of hydrogen-bond donors (Lipinski definition) is 1. The average Bonchev–Trinajstić information content (AvgIpc) is 3.41. The summed E-state index contributed by atoms with van der Waals surface area (Å²) in [5.41, 5.74) is 0.620. The molecule has 0 unspecified atom stereocenters. The number of likely N-dealkylation sites (tertiary alicyclic amines) is 1. The van der Waals surface area contributed by atoms with Crippen LogP contribution in [0.4, 0.5) is 5.13 Å². The summed E-state index contributed by atoms with van der Waals surface area (Å²) in [5.74, 6) is -0.0503. The van der Waals surface area contributed by atoms with Crippen molar-refractivity contribution in [2.75, 3.05) is 44.2 Å². The van der Waals surface area contributed by atoms with Crippen LogP contribution in [0.3, 0.4) is 0 Å². The number of rotatable bonds is 6. The zero-order valence-electron chi connectivity index (χ0n) is 15.8. The van der Waals surface area contributed by atoms with Gasteiger partial charge in [-0.3, -0.25) is 9.36 Å². The molecule has 4 heterocycles. The van der Waals surface area contributed by atoms with Crippen molar-refractivity contribution in [3.63, 3.8) is 0 Å². The van der Waals surface area contributed by atoms with Crippen LogP contribution < -0.4 is 10.2 Å². The van der Waals surface area contributed by atoms with Gasteiger partial charge >= 0.3 is 0 Å². The van der Waals surface area contributed by atoms with Crippen LogP contribution in [0.25, 0.3) is 5.13 Å². The van der Waals surface area contributed by atoms with E-state index in [-0.39, 0.29) is 5.91 Å². The van der Waals surface area contributed by atoms with Gasteiger partial charge in [-0.25, -0.2) is 0 Å². The molecule has 1 N–H and O–H groups in total. The summed E-state index contributed by atoms with van der Waals surface area (Å²) in [6.45, 7) is 5.99. The van der Waals surface area contributed by atoms with Gasteiger partial charge in [-0.2, -0.15) is 0 Å². The number of aromatic nitrogens is 3. The lowest BCUT2D eigenvalue weighted by Gasteiger charge is -2.17. The minimum atomic E-state index is -0.0503. The molecular formula is C19H28N6OS. The van der Waals surface area contributed by atoms with Gasteiger partial charge in [0.25, 0.3) is 5.91 Å². The van der Waals surface area contributed by atoms with Gasteiger partial charge in [0, 0.05) is 32.4 Å². The molecule has 2 aromatic heterocycles. The van der Waals surface area contributed by atoms with Crippen LogP contribution >= 0.6 is 11.3 Å². The lowest BCUT2D eigenvalue weighted by atomic mass is 10.2. The zero-order valence-corrected chi connectivity index (χ0v) is 16.6.